The molecule has 1 saturated carbocycles. The Kier molecular flexibility index (Phi) is 4.40. The molecule has 0 aromatic heterocycles. The van der Waals surface area contributed by atoms with E-state index >= 15 is 0 Å². The summed E-state index contributed by atoms with van der Waals surface area (Å²) in [7, 11) is -3.34. The quantitative estimate of drug-likeness (QED) is 0.856. The first-order valence-electron chi connectivity index (χ1n) is 6.65. The van der Waals surface area contributed by atoms with Gasteiger partial charge >= 0.3 is 0 Å². The first-order valence-corrected chi connectivity index (χ1v) is 8.13. The lowest BCUT2D eigenvalue weighted by atomic mass is 10.0. The second kappa shape index (κ2) is 5.85. The zero-order valence-electron chi connectivity index (χ0n) is 10.8. The van der Waals surface area contributed by atoms with E-state index in [-0.39, 0.29) is 6.04 Å². The fourth-order valence-corrected chi connectivity index (χ4v) is 3.82. The fourth-order valence-electron chi connectivity index (χ4n) is 2.49. The van der Waals surface area contributed by atoms with E-state index in [4.69, 9.17) is 0 Å². The van der Waals surface area contributed by atoms with Crippen molar-refractivity contribution < 1.29 is 8.42 Å². The maximum absolute atomic E-state index is 12.2. The molecule has 1 aliphatic carbocycles. The summed E-state index contributed by atoms with van der Waals surface area (Å²) in [6.07, 6.45) is 5.35. The van der Waals surface area contributed by atoms with Crippen molar-refractivity contribution in [3.63, 3.8) is 0 Å². The molecule has 2 rings (SSSR count). The van der Waals surface area contributed by atoms with Gasteiger partial charge in [-0.1, -0.05) is 38.0 Å². The first-order chi connectivity index (χ1) is 8.58. The lowest BCUT2D eigenvalue weighted by molar-refractivity contribution is 0.484. The van der Waals surface area contributed by atoms with Crippen LogP contribution in [-0.4, -0.2) is 14.5 Å². The van der Waals surface area contributed by atoms with Gasteiger partial charge in [-0.2, -0.15) is 0 Å². The van der Waals surface area contributed by atoms with Crippen LogP contribution in [0, 0.1) is 5.92 Å². The van der Waals surface area contributed by atoms with Gasteiger partial charge in [0.25, 0.3) is 0 Å². The van der Waals surface area contributed by atoms with Crippen molar-refractivity contribution >= 4 is 10.0 Å². The van der Waals surface area contributed by atoms with Crippen LogP contribution in [-0.2, 0) is 10.0 Å². The Labute approximate surface area is 110 Å². The van der Waals surface area contributed by atoms with Gasteiger partial charge in [0.1, 0.15) is 0 Å². The minimum Gasteiger partial charge on any atom is -0.208 e. The highest BCUT2D eigenvalue weighted by Crippen LogP contribution is 2.23. The molecule has 0 saturated heterocycles. The van der Waals surface area contributed by atoms with Gasteiger partial charge in [0.05, 0.1) is 4.90 Å². The van der Waals surface area contributed by atoms with Gasteiger partial charge in [-0.3, -0.25) is 0 Å². The van der Waals surface area contributed by atoms with E-state index in [9.17, 15) is 8.42 Å². The normalized spacial score (nSPS) is 25.6. The Hall–Kier alpha value is -0.870. The molecular formula is C14H21NO2S. The van der Waals surface area contributed by atoms with Crippen molar-refractivity contribution in [1.29, 1.82) is 0 Å². The van der Waals surface area contributed by atoms with Crippen molar-refractivity contribution in [2.75, 3.05) is 0 Å². The zero-order chi connectivity index (χ0) is 13.0. The van der Waals surface area contributed by atoms with E-state index in [1.807, 2.05) is 6.07 Å². The van der Waals surface area contributed by atoms with Gasteiger partial charge in [0.15, 0.2) is 0 Å². The minimum atomic E-state index is -3.34. The van der Waals surface area contributed by atoms with E-state index < -0.39 is 10.0 Å². The number of hydrogen-bond acceptors (Lipinski definition) is 2. The third-order valence-corrected chi connectivity index (χ3v) is 5.17. The highest BCUT2D eigenvalue weighted by Gasteiger charge is 2.22. The van der Waals surface area contributed by atoms with Crippen molar-refractivity contribution in [2.45, 2.75) is 50.0 Å². The maximum atomic E-state index is 12.2. The molecule has 18 heavy (non-hydrogen) atoms. The average Bonchev–Trinajstić information content (AvgIpc) is 2.55. The van der Waals surface area contributed by atoms with Crippen LogP contribution in [0.5, 0.6) is 0 Å². The van der Waals surface area contributed by atoms with Gasteiger partial charge in [-0.15, -0.1) is 0 Å². The van der Waals surface area contributed by atoms with Crippen LogP contribution in [0.3, 0.4) is 0 Å². The summed E-state index contributed by atoms with van der Waals surface area (Å²) in [5, 5.41) is 0. The molecule has 1 fully saturated rings. The molecule has 0 radical (unpaired) electrons. The van der Waals surface area contributed by atoms with Crippen LogP contribution in [0.4, 0.5) is 0 Å². The predicted molar refractivity (Wildman–Crippen MR) is 72.8 cm³/mol. The molecular weight excluding hydrogens is 246 g/mol. The summed E-state index contributed by atoms with van der Waals surface area (Å²) in [6.45, 7) is 2.24. The molecule has 1 N–H and O–H groups in total. The Morgan fingerprint density at radius 1 is 1.06 bits per heavy atom. The average molecular weight is 267 g/mol. The van der Waals surface area contributed by atoms with Crippen molar-refractivity contribution in [3.05, 3.63) is 30.3 Å². The van der Waals surface area contributed by atoms with Gasteiger partial charge in [-0.25, -0.2) is 13.1 Å². The number of nitrogens with one attached hydrogen (secondary N) is 1. The Morgan fingerprint density at radius 3 is 2.50 bits per heavy atom. The van der Waals surface area contributed by atoms with Crippen LogP contribution < -0.4 is 4.72 Å². The molecule has 2 unspecified atom stereocenters. The SMILES string of the molecule is CC1CCCC(NS(=O)(=O)c2ccccc2)CC1. The second-order valence-corrected chi connectivity index (χ2v) is 6.96. The topological polar surface area (TPSA) is 46.2 Å². The van der Waals surface area contributed by atoms with E-state index in [0.29, 0.717) is 4.90 Å². The lowest BCUT2D eigenvalue weighted by Gasteiger charge is -2.16. The third-order valence-electron chi connectivity index (χ3n) is 3.63. The predicted octanol–water partition coefficient (Wildman–Crippen LogP) is 2.93. The third kappa shape index (κ3) is 3.56. The summed E-state index contributed by atoms with van der Waals surface area (Å²) in [6, 6.07) is 8.71. The van der Waals surface area contributed by atoms with Gasteiger partial charge in [0.2, 0.25) is 10.0 Å². The molecule has 1 aromatic carbocycles. The molecule has 2 atom stereocenters. The standard InChI is InChI=1S/C14H21NO2S/c1-12-6-5-7-13(11-10-12)15-18(16,17)14-8-3-2-4-9-14/h2-4,8-9,12-13,15H,5-7,10-11H2,1H3. The summed E-state index contributed by atoms with van der Waals surface area (Å²) in [5.74, 6) is 0.719. The summed E-state index contributed by atoms with van der Waals surface area (Å²) < 4.78 is 27.2. The van der Waals surface area contributed by atoms with Crippen LogP contribution in [0.2, 0.25) is 0 Å². The van der Waals surface area contributed by atoms with Gasteiger partial charge in [-0.05, 0) is 37.3 Å². The Morgan fingerprint density at radius 2 is 1.78 bits per heavy atom. The van der Waals surface area contributed by atoms with Crippen LogP contribution in [0.1, 0.15) is 39.0 Å². The molecule has 3 nitrogen and oxygen atoms in total. The molecule has 1 aliphatic rings. The summed E-state index contributed by atoms with van der Waals surface area (Å²) in [4.78, 5) is 0.363. The monoisotopic (exact) mass is 267 g/mol. The van der Waals surface area contributed by atoms with E-state index in [1.165, 1.54) is 6.42 Å². The van der Waals surface area contributed by atoms with Gasteiger partial charge < -0.3 is 0 Å². The van der Waals surface area contributed by atoms with E-state index in [0.717, 1.165) is 31.6 Å². The number of benzene rings is 1. The number of hydrogen-bond donors (Lipinski definition) is 1. The highest BCUT2D eigenvalue weighted by atomic mass is 32.2. The molecule has 0 amide bonds. The van der Waals surface area contributed by atoms with Crippen molar-refractivity contribution in [3.8, 4) is 0 Å². The molecule has 0 bridgehead atoms. The zero-order valence-corrected chi connectivity index (χ0v) is 11.6. The molecule has 100 valence electrons. The lowest BCUT2D eigenvalue weighted by Crippen LogP contribution is -2.34. The van der Waals surface area contributed by atoms with Crippen LogP contribution in [0.25, 0.3) is 0 Å². The Balaban J connectivity index is 2.04. The number of rotatable bonds is 3. The molecule has 1 aromatic rings. The van der Waals surface area contributed by atoms with Crippen molar-refractivity contribution in [1.82, 2.24) is 4.72 Å². The number of sulfonamides is 1. The Bertz CT molecular complexity index is 470. The van der Waals surface area contributed by atoms with E-state index in [2.05, 4.69) is 11.6 Å². The molecule has 0 spiro atoms. The van der Waals surface area contributed by atoms with Crippen molar-refractivity contribution in [2.24, 2.45) is 5.92 Å². The largest absolute Gasteiger partial charge is 0.240 e. The highest BCUT2D eigenvalue weighted by molar-refractivity contribution is 7.89. The van der Waals surface area contributed by atoms with Gasteiger partial charge in [0, 0.05) is 6.04 Å². The molecule has 0 heterocycles. The smallest absolute Gasteiger partial charge is 0.208 e. The summed E-state index contributed by atoms with van der Waals surface area (Å²) in [5.41, 5.74) is 0. The molecule has 4 heteroatoms. The minimum absolute atomic E-state index is 0.0974. The second-order valence-electron chi connectivity index (χ2n) is 5.24. The van der Waals surface area contributed by atoms with Crippen LogP contribution >= 0.6 is 0 Å². The fraction of sp³-hybridized carbons (Fsp3) is 0.571. The van der Waals surface area contributed by atoms with Crippen LogP contribution in [0.15, 0.2) is 35.2 Å². The maximum Gasteiger partial charge on any atom is 0.240 e. The first kappa shape index (κ1) is 13.6. The molecule has 0 aliphatic heterocycles. The van der Waals surface area contributed by atoms with E-state index in [1.54, 1.807) is 24.3 Å². The summed E-state index contributed by atoms with van der Waals surface area (Å²) >= 11 is 0.